The van der Waals surface area contributed by atoms with Crippen molar-refractivity contribution < 1.29 is 18.3 Å². The third kappa shape index (κ3) is 2.55. The highest BCUT2D eigenvalue weighted by molar-refractivity contribution is 5.37. The standard InChI is InChI=1S/C12H15F3O/c1-3-8-6-5-7-9(4-2)10(8)11(16)12(13,14)15/h5-7,11,16H,3-4H2,1-2H3. The second-order valence-electron chi connectivity index (χ2n) is 3.64. The Morgan fingerprint density at radius 3 is 1.88 bits per heavy atom. The molecular weight excluding hydrogens is 217 g/mol. The molecule has 0 aliphatic rings. The summed E-state index contributed by atoms with van der Waals surface area (Å²) in [6.07, 6.45) is -6.01. The van der Waals surface area contributed by atoms with Crippen LogP contribution in [0.25, 0.3) is 0 Å². The molecule has 1 N–H and O–H groups in total. The van der Waals surface area contributed by atoms with Gasteiger partial charge in [0.1, 0.15) is 0 Å². The average Bonchev–Trinajstić information content (AvgIpc) is 2.25. The second kappa shape index (κ2) is 4.87. The van der Waals surface area contributed by atoms with Crippen LogP contribution >= 0.6 is 0 Å². The number of halogens is 3. The van der Waals surface area contributed by atoms with Crippen LogP contribution in [0.1, 0.15) is 36.6 Å². The Bertz CT molecular complexity index is 336. The number of aryl methyl sites for hydroxylation is 2. The number of aliphatic hydroxyl groups excluding tert-OH is 1. The zero-order valence-electron chi connectivity index (χ0n) is 9.30. The fourth-order valence-electron chi connectivity index (χ4n) is 1.80. The van der Waals surface area contributed by atoms with E-state index in [0.29, 0.717) is 24.0 Å². The topological polar surface area (TPSA) is 20.2 Å². The maximum Gasteiger partial charge on any atom is 0.418 e. The van der Waals surface area contributed by atoms with E-state index in [1.54, 1.807) is 32.0 Å². The minimum atomic E-state index is -4.60. The van der Waals surface area contributed by atoms with E-state index < -0.39 is 12.3 Å². The van der Waals surface area contributed by atoms with Gasteiger partial charge in [-0.3, -0.25) is 0 Å². The Balaban J connectivity index is 3.28. The summed E-state index contributed by atoms with van der Waals surface area (Å²) in [5, 5.41) is 9.36. The highest BCUT2D eigenvalue weighted by atomic mass is 19.4. The second-order valence-corrected chi connectivity index (χ2v) is 3.64. The van der Waals surface area contributed by atoms with E-state index in [1.807, 2.05) is 0 Å². The summed E-state index contributed by atoms with van der Waals surface area (Å²) >= 11 is 0. The first-order chi connectivity index (χ1) is 7.41. The summed E-state index contributed by atoms with van der Waals surface area (Å²) in [4.78, 5) is 0. The van der Waals surface area contributed by atoms with Crippen molar-refractivity contribution in [2.75, 3.05) is 0 Å². The summed E-state index contributed by atoms with van der Waals surface area (Å²) < 4.78 is 37.6. The summed E-state index contributed by atoms with van der Waals surface area (Å²) in [5.74, 6) is 0. The van der Waals surface area contributed by atoms with Crippen molar-refractivity contribution in [2.24, 2.45) is 0 Å². The van der Waals surface area contributed by atoms with Crippen LogP contribution in [0.2, 0.25) is 0 Å². The minimum Gasteiger partial charge on any atom is -0.379 e. The molecule has 1 atom stereocenters. The van der Waals surface area contributed by atoms with Gasteiger partial charge < -0.3 is 5.11 Å². The van der Waals surface area contributed by atoms with Crippen molar-refractivity contribution in [1.82, 2.24) is 0 Å². The Morgan fingerprint density at radius 1 is 1.12 bits per heavy atom. The van der Waals surface area contributed by atoms with E-state index >= 15 is 0 Å². The molecule has 0 aliphatic heterocycles. The molecule has 0 aromatic heterocycles. The van der Waals surface area contributed by atoms with Gasteiger partial charge in [0.15, 0.2) is 6.10 Å². The molecule has 0 bridgehead atoms. The third-order valence-electron chi connectivity index (χ3n) is 2.63. The number of hydrogen-bond donors (Lipinski definition) is 1. The SMILES string of the molecule is CCc1cccc(CC)c1C(O)C(F)(F)F. The zero-order chi connectivity index (χ0) is 12.3. The fraction of sp³-hybridized carbons (Fsp3) is 0.500. The Hall–Kier alpha value is -1.03. The lowest BCUT2D eigenvalue weighted by Gasteiger charge is -2.20. The van der Waals surface area contributed by atoms with Gasteiger partial charge in [0.05, 0.1) is 0 Å². The molecule has 0 saturated heterocycles. The number of benzene rings is 1. The van der Waals surface area contributed by atoms with Crippen LogP contribution in [0.5, 0.6) is 0 Å². The van der Waals surface area contributed by atoms with Gasteiger partial charge in [0.2, 0.25) is 0 Å². The lowest BCUT2D eigenvalue weighted by molar-refractivity contribution is -0.207. The van der Waals surface area contributed by atoms with Crippen LogP contribution < -0.4 is 0 Å². The van der Waals surface area contributed by atoms with Crippen molar-refractivity contribution in [2.45, 2.75) is 39.0 Å². The number of rotatable bonds is 3. The van der Waals surface area contributed by atoms with Crippen molar-refractivity contribution in [3.63, 3.8) is 0 Å². The number of hydrogen-bond acceptors (Lipinski definition) is 1. The van der Waals surface area contributed by atoms with Crippen LogP contribution in [0.3, 0.4) is 0 Å². The number of aliphatic hydroxyl groups is 1. The van der Waals surface area contributed by atoms with E-state index in [-0.39, 0.29) is 5.56 Å². The van der Waals surface area contributed by atoms with Gasteiger partial charge in [0, 0.05) is 0 Å². The molecule has 0 fully saturated rings. The smallest absolute Gasteiger partial charge is 0.379 e. The van der Waals surface area contributed by atoms with Crippen molar-refractivity contribution in [3.05, 3.63) is 34.9 Å². The van der Waals surface area contributed by atoms with E-state index in [9.17, 15) is 18.3 Å². The van der Waals surface area contributed by atoms with Gasteiger partial charge in [-0.05, 0) is 29.5 Å². The van der Waals surface area contributed by atoms with Crippen LogP contribution in [0.4, 0.5) is 13.2 Å². The van der Waals surface area contributed by atoms with Gasteiger partial charge in [-0.2, -0.15) is 13.2 Å². The largest absolute Gasteiger partial charge is 0.418 e. The monoisotopic (exact) mass is 232 g/mol. The normalized spacial score (nSPS) is 13.9. The highest BCUT2D eigenvalue weighted by Gasteiger charge is 2.41. The lowest BCUT2D eigenvalue weighted by Crippen LogP contribution is -2.22. The van der Waals surface area contributed by atoms with Crippen LogP contribution in [-0.4, -0.2) is 11.3 Å². The Kier molecular flexibility index (Phi) is 3.97. The third-order valence-corrected chi connectivity index (χ3v) is 2.63. The first kappa shape index (κ1) is 13.0. The summed E-state index contributed by atoms with van der Waals surface area (Å²) in [6, 6.07) is 4.98. The quantitative estimate of drug-likeness (QED) is 0.846. The van der Waals surface area contributed by atoms with Gasteiger partial charge in [-0.15, -0.1) is 0 Å². The summed E-state index contributed by atoms with van der Waals surface area (Å²) in [7, 11) is 0. The van der Waals surface area contributed by atoms with Gasteiger partial charge in [-0.25, -0.2) is 0 Å². The maximum absolute atomic E-state index is 12.5. The van der Waals surface area contributed by atoms with E-state index in [1.165, 1.54) is 0 Å². The zero-order valence-corrected chi connectivity index (χ0v) is 9.30. The Morgan fingerprint density at radius 2 is 1.56 bits per heavy atom. The molecule has 0 spiro atoms. The molecule has 0 radical (unpaired) electrons. The van der Waals surface area contributed by atoms with Gasteiger partial charge in [-0.1, -0.05) is 32.0 Å². The minimum absolute atomic E-state index is 0.0278. The maximum atomic E-state index is 12.5. The van der Waals surface area contributed by atoms with Crippen LogP contribution in [0, 0.1) is 0 Å². The van der Waals surface area contributed by atoms with E-state index in [2.05, 4.69) is 0 Å². The molecule has 0 aliphatic carbocycles. The molecular formula is C12H15F3O. The van der Waals surface area contributed by atoms with Crippen molar-refractivity contribution in [3.8, 4) is 0 Å². The predicted molar refractivity (Wildman–Crippen MR) is 56.2 cm³/mol. The molecule has 1 nitrogen and oxygen atoms in total. The average molecular weight is 232 g/mol. The number of alkyl halides is 3. The summed E-state index contributed by atoms with van der Waals surface area (Å²) in [5.41, 5.74) is 1.15. The highest BCUT2D eigenvalue weighted by Crippen LogP contribution is 2.36. The summed E-state index contributed by atoms with van der Waals surface area (Å²) in [6.45, 7) is 3.56. The molecule has 16 heavy (non-hydrogen) atoms. The Labute approximate surface area is 92.9 Å². The van der Waals surface area contributed by atoms with E-state index in [4.69, 9.17) is 0 Å². The molecule has 4 heteroatoms. The molecule has 1 aromatic rings. The first-order valence-electron chi connectivity index (χ1n) is 5.27. The van der Waals surface area contributed by atoms with E-state index in [0.717, 1.165) is 0 Å². The van der Waals surface area contributed by atoms with Crippen molar-refractivity contribution in [1.29, 1.82) is 0 Å². The first-order valence-corrected chi connectivity index (χ1v) is 5.27. The van der Waals surface area contributed by atoms with Crippen LogP contribution in [-0.2, 0) is 12.8 Å². The predicted octanol–water partition coefficient (Wildman–Crippen LogP) is 3.41. The molecule has 1 aromatic carbocycles. The molecule has 0 heterocycles. The van der Waals surface area contributed by atoms with Crippen molar-refractivity contribution >= 4 is 0 Å². The van der Waals surface area contributed by atoms with Crippen LogP contribution in [0.15, 0.2) is 18.2 Å². The van der Waals surface area contributed by atoms with Gasteiger partial charge in [0.25, 0.3) is 0 Å². The van der Waals surface area contributed by atoms with Gasteiger partial charge >= 0.3 is 6.18 Å². The fourth-order valence-corrected chi connectivity index (χ4v) is 1.80. The molecule has 0 saturated carbocycles. The molecule has 0 amide bonds. The molecule has 1 rings (SSSR count). The molecule has 1 unspecified atom stereocenters. The molecule has 90 valence electrons. The lowest BCUT2D eigenvalue weighted by atomic mass is 9.93.